The van der Waals surface area contributed by atoms with Gasteiger partial charge in [-0.15, -0.1) is 0 Å². The van der Waals surface area contributed by atoms with Gasteiger partial charge >= 0.3 is 0 Å². The van der Waals surface area contributed by atoms with Gasteiger partial charge in [-0.25, -0.2) is 0 Å². The van der Waals surface area contributed by atoms with Crippen molar-refractivity contribution in [3.63, 3.8) is 0 Å². The van der Waals surface area contributed by atoms with Gasteiger partial charge in [-0.3, -0.25) is 14.5 Å². The second-order valence-corrected chi connectivity index (χ2v) is 5.65. The van der Waals surface area contributed by atoms with Crippen LogP contribution in [-0.4, -0.2) is 73.6 Å². The van der Waals surface area contributed by atoms with Crippen LogP contribution < -0.4 is 5.32 Å². The van der Waals surface area contributed by atoms with Gasteiger partial charge in [0, 0.05) is 37.8 Å². The smallest absolute Gasteiger partial charge is 0.251 e. The van der Waals surface area contributed by atoms with Crippen molar-refractivity contribution < 1.29 is 14.3 Å². The fourth-order valence-corrected chi connectivity index (χ4v) is 2.79. The van der Waals surface area contributed by atoms with E-state index in [9.17, 15) is 9.59 Å². The van der Waals surface area contributed by atoms with Crippen LogP contribution in [0.1, 0.15) is 10.4 Å². The number of carbonyl (C=O) groups is 2. The second-order valence-electron chi connectivity index (χ2n) is 5.65. The lowest BCUT2D eigenvalue weighted by Gasteiger charge is -2.46. The van der Waals surface area contributed by atoms with E-state index in [0.29, 0.717) is 11.6 Å². The Balaban J connectivity index is 1.39. The van der Waals surface area contributed by atoms with E-state index in [2.05, 4.69) is 10.2 Å². The van der Waals surface area contributed by atoms with Crippen LogP contribution in [0.5, 0.6) is 0 Å². The summed E-state index contributed by atoms with van der Waals surface area (Å²) in [5.74, 6) is -0.229. The first-order valence-electron chi connectivity index (χ1n) is 7.67. The largest absolute Gasteiger partial charge is 0.379 e. The van der Waals surface area contributed by atoms with Crippen LogP contribution in [0.15, 0.2) is 30.3 Å². The minimum Gasteiger partial charge on any atom is -0.379 e. The summed E-state index contributed by atoms with van der Waals surface area (Å²) in [6, 6.07) is 9.37. The molecule has 0 aliphatic carbocycles. The van der Waals surface area contributed by atoms with E-state index in [1.54, 1.807) is 29.2 Å². The summed E-state index contributed by atoms with van der Waals surface area (Å²) in [5, 5.41) is 2.68. The van der Waals surface area contributed by atoms with Gasteiger partial charge in [0.15, 0.2) is 0 Å². The SMILES string of the molecule is O=C(NCC(=O)N1CC(N2CCOCC2)C1)c1ccccc1. The van der Waals surface area contributed by atoms with E-state index >= 15 is 0 Å². The molecule has 2 fully saturated rings. The minimum absolute atomic E-state index is 0.0196. The van der Waals surface area contributed by atoms with E-state index in [-0.39, 0.29) is 18.4 Å². The summed E-state index contributed by atoms with van der Waals surface area (Å²) in [6.45, 7) is 4.99. The first-order valence-corrected chi connectivity index (χ1v) is 7.67. The van der Waals surface area contributed by atoms with Gasteiger partial charge in [0.05, 0.1) is 19.8 Å². The molecular formula is C16H21N3O3. The maximum absolute atomic E-state index is 12.1. The summed E-state index contributed by atoms with van der Waals surface area (Å²) < 4.78 is 5.33. The number of rotatable bonds is 4. The van der Waals surface area contributed by atoms with Gasteiger partial charge in [0.2, 0.25) is 5.91 Å². The number of benzene rings is 1. The Hall–Kier alpha value is -1.92. The average molecular weight is 303 g/mol. The molecule has 0 aromatic heterocycles. The Labute approximate surface area is 130 Å². The van der Waals surface area contributed by atoms with Gasteiger partial charge < -0.3 is 15.0 Å². The zero-order valence-electron chi connectivity index (χ0n) is 12.5. The fourth-order valence-electron chi connectivity index (χ4n) is 2.79. The van der Waals surface area contributed by atoms with Crippen molar-refractivity contribution in [3.8, 4) is 0 Å². The number of hydrogen-bond acceptors (Lipinski definition) is 4. The Kier molecular flexibility index (Phi) is 4.70. The van der Waals surface area contributed by atoms with Crippen molar-refractivity contribution in [1.29, 1.82) is 0 Å². The molecule has 0 spiro atoms. The lowest BCUT2D eigenvalue weighted by molar-refractivity contribution is -0.138. The molecule has 0 unspecified atom stereocenters. The molecule has 2 aliphatic rings. The van der Waals surface area contributed by atoms with Crippen molar-refractivity contribution >= 4 is 11.8 Å². The Morgan fingerprint density at radius 3 is 2.50 bits per heavy atom. The van der Waals surface area contributed by atoms with Crippen LogP contribution in [0.25, 0.3) is 0 Å². The molecule has 2 amide bonds. The molecule has 1 aromatic rings. The van der Waals surface area contributed by atoms with E-state index in [1.807, 2.05) is 6.07 Å². The molecule has 3 rings (SSSR count). The molecule has 118 valence electrons. The third-order valence-corrected chi connectivity index (χ3v) is 4.21. The summed E-state index contributed by atoms with van der Waals surface area (Å²) in [4.78, 5) is 28.1. The first kappa shape index (κ1) is 15.0. The topological polar surface area (TPSA) is 61.9 Å². The predicted octanol–water partition coefficient (Wildman–Crippen LogP) is -0.0406. The highest BCUT2D eigenvalue weighted by Crippen LogP contribution is 2.16. The highest BCUT2D eigenvalue weighted by atomic mass is 16.5. The first-order chi connectivity index (χ1) is 10.7. The standard InChI is InChI=1S/C16H21N3O3/c20-15(10-17-16(21)13-4-2-1-3-5-13)19-11-14(12-19)18-6-8-22-9-7-18/h1-5,14H,6-12H2,(H,17,21). The zero-order valence-corrected chi connectivity index (χ0v) is 12.5. The third-order valence-electron chi connectivity index (χ3n) is 4.21. The molecule has 0 bridgehead atoms. The van der Waals surface area contributed by atoms with Crippen LogP contribution in [0.3, 0.4) is 0 Å². The van der Waals surface area contributed by atoms with Crippen molar-refractivity contribution in [2.75, 3.05) is 45.9 Å². The number of morpholine rings is 1. The lowest BCUT2D eigenvalue weighted by atomic mass is 10.1. The van der Waals surface area contributed by atoms with Crippen molar-refractivity contribution in [1.82, 2.24) is 15.1 Å². The minimum atomic E-state index is -0.209. The van der Waals surface area contributed by atoms with Gasteiger partial charge in [0.25, 0.3) is 5.91 Å². The third kappa shape index (κ3) is 3.45. The number of carbonyl (C=O) groups excluding carboxylic acids is 2. The Morgan fingerprint density at radius 1 is 1.14 bits per heavy atom. The van der Waals surface area contributed by atoms with Crippen molar-refractivity contribution in [2.45, 2.75) is 6.04 Å². The highest BCUT2D eigenvalue weighted by molar-refractivity contribution is 5.96. The van der Waals surface area contributed by atoms with Crippen molar-refractivity contribution in [3.05, 3.63) is 35.9 Å². The summed E-state index contributed by atoms with van der Waals surface area (Å²) >= 11 is 0. The normalized spacial score (nSPS) is 19.5. The number of nitrogens with zero attached hydrogens (tertiary/aromatic N) is 2. The maximum Gasteiger partial charge on any atom is 0.251 e. The summed E-state index contributed by atoms with van der Waals surface area (Å²) in [5.41, 5.74) is 0.574. The van der Waals surface area contributed by atoms with Crippen LogP contribution in [-0.2, 0) is 9.53 Å². The van der Waals surface area contributed by atoms with Gasteiger partial charge in [-0.05, 0) is 12.1 Å². The van der Waals surface area contributed by atoms with Crippen LogP contribution in [0.2, 0.25) is 0 Å². The van der Waals surface area contributed by atoms with Gasteiger partial charge in [0.1, 0.15) is 0 Å². The summed E-state index contributed by atoms with van der Waals surface area (Å²) in [7, 11) is 0. The van der Waals surface area contributed by atoms with Gasteiger partial charge in [-0.1, -0.05) is 18.2 Å². The molecule has 1 aromatic carbocycles. The van der Waals surface area contributed by atoms with E-state index < -0.39 is 0 Å². The van der Waals surface area contributed by atoms with E-state index in [0.717, 1.165) is 39.4 Å². The quantitative estimate of drug-likeness (QED) is 0.848. The predicted molar refractivity (Wildman–Crippen MR) is 81.5 cm³/mol. The van der Waals surface area contributed by atoms with Crippen LogP contribution in [0.4, 0.5) is 0 Å². The molecule has 6 heteroatoms. The van der Waals surface area contributed by atoms with E-state index in [4.69, 9.17) is 4.74 Å². The van der Waals surface area contributed by atoms with E-state index in [1.165, 1.54) is 0 Å². The maximum atomic E-state index is 12.1. The molecule has 2 heterocycles. The number of likely N-dealkylation sites (tertiary alicyclic amines) is 1. The van der Waals surface area contributed by atoms with Crippen LogP contribution in [0, 0.1) is 0 Å². The molecule has 2 aliphatic heterocycles. The molecule has 2 saturated heterocycles. The monoisotopic (exact) mass is 303 g/mol. The van der Waals surface area contributed by atoms with Crippen molar-refractivity contribution in [2.24, 2.45) is 0 Å². The Morgan fingerprint density at radius 2 is 1.82 bits per heavy atom. The zero-order chi connectivity index (χ0) is 15.4. The molecule has 0 saturated carbocycles. The number of ether oxygens (including phenoxy) is 1. The van der Waals surface area contributed by atoms with Gasteiger partial charge in [-0.2, -0.15) is 0 Å². The molecular weight excluding hydrogens is 282 g/mol. The molecule has 22 heavy (non-hydrogen) atoms. The fraction of sp³-hybridized carbons (Fsp3) is 0.500. The average Bonchev–Trinajstić information content (AvgIpc) is 2.53. The number of amides is 2. The number of nitrogens with one attached hydrogen (secondary N) is 1. The lowest BCUT2D eigenvalue weighted by Crippen LogP contribution is -2.63. The number of hydrogen-bond donors (Lipinski definition) is 1. The molecule has 0 atom stereocenters. The molecule has 0 radical (unpaired) electrons. The molecule has 1 N–H and O–H groups in total. The van der Waals surface area contributed by atoms with Crippen LogP contribution >= 0.6 is 0 Å². The second kappa shape index (κ2) is 6.89. The summed E-state index contributed by atoms with van der Waals surface area (Å²) in [6.07, 6.45) is 0. The Bertz CT molecular complexity index is 523. The highest BCUT2D eigenvalue weighted by Gasteiger charge is 2.35. The molecule has 6 nitrogen and oxygen atoms in total.